The molecule has 0 unspecified atom stereocenters. The summed E-state index contributed by atoms with van der Waals surface area (Å²) in [5, 5.41) is 4.34. The van der Waals surface area contributed by atoms with E-state index in [9.17, 15) is 9.18 Å². The molecule has 0 saturated carbocycles. The molecule has 0 N–H and O–H groups in total. The van der Waals surface area contributed by atoms with Crippen molar-refractivity contribution in [3.8, 4) is 0 Å². The lowest BCUT2D eigenvalue weighted by Crippen LogP contribution is -2.27. The highest BCUT2D eigenvalue weighted by Crippen LogP contribution is 2.10. The minimum absolute atomic E-state index is 0.0611. The van der Waals surface area contributed by atoms with Crippen LogP contribution in [0.1, 0.15) is 24.2 Å². The van der Waals surface area contributed by atoms with Gasteiger partial charge in [0.15, 0.2) is 0 Å². The lowest BCUT2D eigenvalue weighted by molar-refractivity contribution is 0.511. The Morgan fingerprint density at radius 3 is 2.72 bits per heavy atom. The fourth-order valence-corrected chi connectivity index (χ4v) is 2.31. The number of hydrogen-bond acceptors (Lipinski definition) is 2. The summed E-state index contributed by atoms with van der Waals surface area (Å²) < 4.78 is 16.0. The molecular formula is C13H14FN3O. The van der Waals surface area contributed by atoms with Gasteiger partial charge in [0.05, 0.1) is 6.54 Å². The molecule has 1 aliphatic rings. The third kappa shape index (κ3) is 1.96. The summed E-state index contributed by atoms with van der Waals surface area (Å²) in [5.74, 6) is 0.601. The summed E-state index contributed by atoms with van der Waals surface area (Å²) in [7, 11) is 0. The van der Waals surface area contributed by atoms with Crippen molar-refractivity contribution >= 4 is 0 Å². The maximum absolute atomic E-state index is 12.8. The summed E-state index contributed by atoms with van der Waals surface area (Å²) in [4.78, 5) is 12.1. The van der Waals surface area contributed by atoms with Crippen LogP contribution in [0.25, 0.3) is 0 Å². The third-order valence-corrected chi connectivity index (χ3v) is 3.28. The normalized spacial score (nSPS) is 14.5. The first-order valence-corrected chi connectivity index (χ1v) is 6.15. The molecule has 18 heavy (non-hydrogen) atoms. The standard InChI is InChI=1S/C13H14FN3O/c14-11-6-4-10(5-7-11)9-17-13(18)16-8-2-1-3-12(16)15-17/h4-7H,1-3,8-9H2. The van der Waals surface area contributed by atoms with Crippen molar-refractivity contribution in [3.63, 3.8) is 0 Å². The molecule has 2 aromatic rings. The van der Waals surface area contributed by atoms with Crippen molar-refractivity contribution in [2.75, 3.05) is 0 Å². The van der Waals surface area contributed by atoms with Crippen LogP contribution in [0.2, 0.25) is 0 Å². The van der Waals surface area contributed by atoms with Gasteiger partial charge in [-0.3, -0.25) is 4.57 Å². The van der Waals surface area contributed by atoms with Gasteiger partial charge in [-0.1, -0.05) is 12.1 Å². The highest BCUT2D eigenvalue weighted by Gasteiger charge is 2.16. The quantitative estimate of drug-likeness (QED) is 0.808. The van der Waals surface area contributed by atoms with Crippen molar-refractivity contribution in [1.29, 1.82) is 0 Å². The Balaban J connectivity index is 1.91. The number of rotatable bonds is 2. The van der Waals surface area contributed by atoms with Gasteiger partial charge in [-0.15, -0.1) is 0 Å². The first-order valence-electron chi connectivity index (χ1n) is 6.15. The maximum atomic E-state index is 12.8. The largest absolute Gasteiger partial charge is 0.346 e. The Hall–Kier alpha value is -1.91. The van der Waals surface area contributed by atoms with Crippen LogP contribution >= 0.6 is 0 Å². The highest BCUT2D eigenvalue weighted by molar-refractivity contribution is 5.16. The Bertz CT molecular complexity index is 612. The van der Waals surface area contributed by atoms with Crippen LogP contribution in [0.15, 0.2) is 29.1 Å². The van der Waals surface area contributed by atoms with Crippen LogP contribution < -0.4 is 5.69 Å². The SMILES string of the molecule is O=c1n(Cc2ccc(F)cc2)nc2n1CCCC2. The van der Waals surface area contributed by atoms with Gasteiger partial charge >= 0.3 is 5.69 Å². The zero-order valence-electron chi connectivity index (χ0n) is 9.97. The van der Waals surface area contributed by atoms with Crippen molar-refractivity contribution in [2.24, 2.45) is 0 Å². The average molecular weight is 247 g/mol. The van der Waals surface area contributed by atoms with E-state index in [-0.39, 0.29) is 11.5 Å². The fraction of sp³-hybridized carbons (Fsp3) is 0.385. The lowest BCUT2D eigenvalue weighted by Gasteiger charge is -2.09. The molecule has 1 aromatic heterocycles. The van der Waals surface area contributed by atoms with Gasteiger partial charge in [-0.05, 0) is 30.5 Å². The summed E-state index contributed by atoms with van der Waals surface area (Å²) >= 11 is 0. The molecule has 4 nitrogen and oxygen atoms in total. The minimum Gasteiger partial charge on any atom is -0.279 e. The van der Waals surface area contributed by atoms with Crippen LogP contribution in [0, 0.1) is 5.82 Å². The molecule has 3 rings (SSSR count). The second kappa shape index (κ2) is 4.40. The monoisotopic (exact) mass is 247 g/mol. The lowest BCUT2D eigenvalue weighted by atomic mass is 10.2. The fourth-order valence-electron chi connectivity index (χ4n) is 2.31. The molecule has 5 heteroatoms. The van der Waals surface area contributed by atoms with E-state index >= 15 is 0 Å². The van der Waals surface area contributed by atoms with Crippen molar-refractivity contribution in [1.82, 2.24) is 14.3 Å². The number of aromatic nitrogens is 3. The molecule has 1 aliphatic heterocycles. The predicted octanol–water partition coefficient (Wildman–Crippen LogP) is 1.57. The van der Waals surface area contributed by atoms with Gasteiger partial charge in [0.1, 0.15) is 11.6 Å². The summed E-state index contributed by atoms with van der Waals surface area (Å²) in [6.07, 6.45) is 2.99. The van der Waals surface area contributed by atoms with Crippen molar-refractivity contribution in [3.05, 3.63) is 52.0 Å². The van der Waals surface area contributed by atoms with Crippen molar-refractivity contribution < 1.29 is 4.39 Å². The van der Waals surface area contributed by atoms with Crippen molar-refractivity contribution in [2.45, 2.75) is 32.4 Å². The topological polar surface area (TPSA) is 39.8 Å². The maximum Gasteiger partial charge on any atom is 0.346 e. The van der Waals surface area contributed by atoms with E-state index in [4.69, 9.17) is 0 Å². The van der Waals surface area contributed by atoms with E-state index in [1.807, 2.05) is 0 Å². The van der Waals surface area contributed by atoms with Crippen LogP contribution in [0.4, 0.5) is 4.39 Å². The van der Waals surface area contributed by atoms with Gasteiger partial charge in [-0.2, -0.15) is 5.10 Å². The van der Waals surface area contributed by atoms with Gasteiger partial charge in [0.25, 0.3) is 0 Å². The van der Waals surface area contributed by atoms with E-state index in [0.29, 0.717) is 6.54 Å². The molecule has 0 saturated heterocycles. The number of fused-ring (bicyclic) bond motifs is 1. The molecule has 0 bridgehead atoms. The molecule has 0 amide bonds. The molecule has 0 fully saturated rings. The van der Waals surface area contributed by atoms with E-state index in [1.54, 1.807) is 16.7 Å². The minimum atomic E-state index is -0.268. The average Bonchev–Trinajstić information content (AvgIpc) is 2.70. The van der Waals surface area contributed by atoms with E-state index < -0.39 is 0 Å². The Morgan fingerprint density at radius 2 is 2.00 bits per heavy atom. The summed E-state index contributed by atoms with van der Waals surface area (Å²) in [6.45, 7) is 1.16. The zero-order valence-corrected chi connectivity index (χ0v) is 9.97. The molecule has 2 heterocycles. The number of nitrogens with zero attached hydrogens (tertiary/aromatic N) is 3. The molecule has 0 aliphatic carbocycles. The molecule has 0 radical (unpaired) electrons. The Kier molecular flexibility index (Phi) is 2.74. The number of benzene rings is 1. The zero-order chi connectivity index (χ0) is 12.5. The number of halogens is 1. The number of hydrogen-bond donors (Lipinski definition) is 0. The smallest absolute Gasteiger partial charge is 0.279 e. The molecule has 0 spiro atoms. The van der Waals surface area contributed by atoms with Gasteiger partial charge in [-0.25, -0.2) is 13.9 Å². The van der Waals surface area contributed by atoms with Crippen LogP contribution in [0.5, 0.6) is 0 Å². The first-order chi connectivity index (χ1) is 8.74. The second-order valence-corrected chi connectivity index (χ2v) is 4.59. The predicted molar refractivity (Wildman–Crippen MR) is 64.9 cm³/mol. The second-order valence-electron chi connectivity index (χ2n) is 4.59. The third-order valence-electron chi connectivity index (χ3n) is 3.28. The van der Waals surface area contributed by atoms with E-state index in [1.165, 1.54) is 16.8 Å². The molecular weight excluding hydrogens is 233 g/mol. The number of aryl methyl sites for hydroxylation is 1. The van der Waals surface area contributed by atoms with Gasteiger partial charge in [0, 0.05) is 13.0 Å². The van der Waals surface area contributed by atoms with E-state index in [2.05, 4.69) is 5.10 Å². The molecule has 94 valence electrons. The van der Waals surface area contributed by atoms with E-state index in [0.717, 1.165) is 37.2 Å². The first kappa shape index (κ1) is 11.2. The molecule has 0 atom stereocenters. The van der Waals surface area contributed by atoms with Crippen LogP contribution in [-0.2, 0) is 19.5 Å². The summed E-state index contributed by atoms with van der Waals surface area (Å²) in [5.41, 5.74) is 0.822. The van der Waals surface area contributed by atoms with Gasteiger partial charge in [0.2, 0.25) is 0 Å². The summed E-state index contributed by atoms with van der Waals surface area (Å²) in [6, 6.07) is 6.16. The van der Waals surface area contributed by atoms with Crippen LogP contribution in [0.3, 0.4) is 0 Å². The highest BCUT2D eigenvalue weighted by atomic mass is 19.1. The Labute approximate surface area is 104 Å². The van der Waals surface area contributed by atoms with Crippen LogP contribution in [-0.4, -0.2) is 14.3 Å². The molecule has 1 aromatic carbocycles. The Morgan fingerprint density at radius 1 is 1.22 bits per heavy atom. The van der Waals surface area contributed by atoms with Gasteiger partial charge < -0.3 is 0 Å².